The van der Waals surface area contributed by atoms with Gasteiger partial charge in [0.25, 0.3) is 0 Å². The van der Waals surface area contributed by atoms with Crippen LogP contribution in [0.1, 0.15) is 33.4 Å². The summed E-state index contributed by atoms with van der Waals surface area (Å²) in [5.74, 6) is 0. The zero-order valence-corrected chi connectivity index (χ0v) is 30.7. The Bertz CT molecular complexity index is 1690. The Morgan fingerprint density at radius 1 is 0.259 bits per heavy atom. The third kappa shape index (κ3) is 13.2. The van der Waals surface area contributed by atoms with Gasteiger partial charge in [-0.15, -0.1) is 0 Å². The van der Waals surface area contributed by atoms with E-state index in [1.807, 2.05) is 109 Å². The van der Waals surface area contributed by atoms with Gasteiger partial charge < -0.3 is 28.4 Å². The Balaban J connectivity index is 1.34. The van der Waals surface area contributed by atoms with Gasteiger partial charge in [0.1, 0.15) is 24.4 Å². The quantitative estimate of drug-likeness (QED) is 0.0657. The molecule has 0 saturated carbocycles. The van der Waals surface area contributed by atoms with Gasteiger partial charge in [0.2, 0.25) is 0 Å². The lowest BCUT2D eigenvalue weighted by atomic mass is 10.0. The molecule has 6 nitrogen and oxygen atoms in total. The number of ether oxygens (including phenoxy) is 6. The fourth-order valence-corrected chi connectivity index (χ4v) is 6.13. The molecule has 0 amide bonds. The van der Waals surface area contributed by atoms with Crippen LogP contribution in [0.2, 0.25) is 0 Å². The summed E-state index contributed by atoms with van der Waals surface area (Å²) in [4.78, 5) is 0. The van der Waals surface area contributed by atoms with Gasteiger partial charge in [-0.1, -0.05) is 182 Å². The molecule has 0 aliphatic heterocycles. The summed E-state index contributed by atoms with van der Waals surface area (Å²) < 4.78 is 40.4. The van der Waals surface area contributed by atoms with E-state index in [0.29, 0.717) is 39.6 Å². The molecule has 4 atom stereocenters. The lowest BCUT2D eigenvalue weighted by molar-refractivity contribution is -0.208. The summed E-state index contributed by atoms with van der Waals surface area (Å²) in [6.07, 6.45) is -2.30. The number of hydrogen-bond acceptors (Lipinski definition) is 6. The first kappa shape index (κ1) is 38.8. The van der Waals surface area contributed by atoms with Gasteiger partial charge in [0.15, 0.2) is 0 Å². The van der Waals surface area contributed by atoms with Crippen LogP contribution >= 0.6 is 0 Å². The van der Waals surface area contributed by atoms with Crippen LogP contribution in [0.5, 0.6) is 0 Å². The van der Waals surface area contributed by atoms with Gasteiger partial charge >= 0.3 is 0 Å². The molecule has 0 saturated heterocycles. The minimum atomic E-state index is -0.616. The van der Waals surface area contributed by atoms with Gasteiger partial charge in [-0.2, -0.15) is 0 Å². The molecule has 0 radical (unpaired) electrons. The van der Waals surface area contributed by atoms with Crippen molar-refractivity contribution in [3.05, 3.63) is 215 Å². The predicted octanol–water partition coefficient (Wildman–Crippen LogP) is 9.76. The lowest BCUT2D eigenvalue weighted by Crippen LogP contribution is -2.52. The highest BCUT2D eigenvalue weighted by Gasteiger charge is 2.39. The Morgan fingerprint density at radius 3 is 0.741 bits per heavy atom. The molecule has 6 aromatic rings. The highest BCUT2D eigenvalue weighted by molar-refractivity contribution is 5.17. The van der Waals surface area contributed by atoms with Crippen molar-refractivity contribution in [2.45, 2.75) is 64.1 Å². The fraction of sp³-hybridized carbons (Fsp3) is 0.250. The van der Waals surface area contributed by atoms with Crippen molar-refractivity contribution < 1.29 is 28.4 Å². The molecule has 0 aliphatic carbocycles. The van der Waals surface area contributed by atoms with Crippen LogP contribution in [0.3, 0.4) is 0 Å². The molecular weight excluding hydrogens is 673 g/mol. The molecule has 6 rings (SSSR count). The fourth-order valence-electron chi connectivity index (χ4n) is 6.13. The maximum atomic E-state index is 6.96. The van der Waals surface area contributed by atoms with E-state index in [4.69, 9.17) is 28.4 Å². The van der Waals surface area contributed by atoms with Crippen molar-refractivity contribution in [3.8, 4) is 0 Å². The van der Waals surface area contributed by atoms with Crippen molar-refractivity contribution in [2.24, 2.45) is 0 Å². The van der Waals surface area contributed by atoms with E-state index in [9.17, 15) is 0 Å². The predicted molar refractivity (Wildman–Crippen MR) is 212 cm³/mol. The Hall–Kier alpha value is -4.92. The number of hydrogen-bond donors (Lipinski definition) is 0. The normalized spacial score (nSPS) is 13.6. The zero-order valence-electron chi connectivity index (χ0n) is 30.7. The molecule has 0 spiro atoms. The summed E-state index contributed by atoms with van der Waals surface area (Å²) in [6, 6.07) is 61.0. The van der Waals surface area contributed by atoms with E-state index >= 15 is 0 Å². The molecule has 6 heteroatoms. The third-order valence-electron chi connectivity index (χ3n) is 9.03. The highest BCUT2D eigenvalue weighted by Crippen LogP contribution is 2.25. The first-order valence-corrected chi connectivity index (χ1v) is 18.7. The summed E-state index contributed by atoms with van der Waals surface area (Å²) in [7, 11) is 0. The molecule has 0 aromatic heterocycles. The zero-order chi connectivity index (χ0) is 36.9. The maximum absolute atomic E-state index is 6.96. The second kappa shape index (κ2) is 22.3. The van der Waals surface area contributed by atoms with E-state index in [1.54, 1.807) is 0 Å². The Labute approximate surface area is 320 Å². The van der Waals surface area contributed by atoms with Crippen LogP contribution in [0.25, 0.3) is 0 Å². The van der Waals surface area contributed by atoms with E-state index in [1.165, 1.54) is 0 Å². The number of benzene rings is 6. The van der Waals surface area contributed by atoms with Crippen LogP contribution in [-0.4, -0.2) is 37.6 Å². The lowest BCUT2D eigenvalue weighted by Gasteiger charge is -2.37. The largest absolute Gasteiger partial charge is 0.374 e. The van der Waals surface area contributed by atoms with Crippen molar-refractivity contribution >= 4 is 0 Å². The van der Waals surface area contributed by atoms with E-state index in [2.05, 4.69) is 72.8 Å². The first-order chi connectivity index (χ1) is 26.8. The average molecular weight is 723 g/mol. The molecule has 0 bridgehead atoms. The summed E-state index contributed by atoms with van der Waals surface area (Å²) in [5.41, 5.74) is 6.35. The van der Waals surface area contributed by atoms with Crippen LogP contribution in [0.15, 0.2) is 182 Å². The molecule has 6 aromatic carbocycles. The molecule has 0 heterocycles. The third-order valence-corrected chi connectivity index (χ3v) is 9.03. The van der Waals surface area contributed by atoms with Gasteiger partial charge in [0, 0.05) is 0 Å². The monoisotopic (exact) mass is 722 g/mol. The SMILES string of the molecule is c1ccc(COC[C@H](OCc2ccccc2)[C@H](OCc2ccccc2)[C@H](OCc2ccccc2)[C@H](COCc2ccccc2)OCc2ccccc2)cc1. The summed E-state index contributed by atoms with van der Waals surface area (Å²) >= 11 is 0. The van der Waals surface area contributed by atoms with Crippen LogP contribution < -0.4 is 0 Å². The van der Waals surface area contributed by atoms with E-state index in [0.717, 1.165) is 33.4 Å². The maximum Gasteiger partial charge on any atom is 0.115 e. The molecule has 0 fully saturated rings. The first-order valence-electron chi connectivity index (χ1n) is 18.7. The molecule has 54 heavy (non-hydrogen) atoms. The Morgan fingerprint density at radius 2 is 0.481 bits per heavy atom. The van der Waals surface area contributed by atoms with Gasteiger partial charge in [0.05, 0.1) is 52.9 Å². The number of rotatable bonds is 23. The minimum absolute atomic E-state index is 0.267. The van der Waals surface area contributed by atoms with Gasteiger partial charge in [-0.3, -0.25) is 0 Å². The second-order valence-corrected chi connectivity index (χ2v) is 13.2. The van der Waals surface area contributed by atoms with Gasteiger partial charge in [-0.05, 0) is 33.4 Å². The van der Waals surface area contributed by atoms with Crippen molar-refractivity contribution in [3.63, 3.8) is 0 Å². The summed E-state index contributed by atoms with van der Waals surface area (Å²) in [5, 5.41) is 0. The van der Waals surface area contributed by atoms with Crippen molar-refractivity contribution in [1.29, 1.82) is 0 Å². The molecule has 0 aliphatic rings. The van der Waals surface area contributed by atoms with E-state index in [-0.39, 0.29) is 13.2 Å². The van der Waals surface area contributed by atoms with Crippen LogP contribution in [0, 0.1) is 0 Å². The van der Waals surface area contributed by atoms with Crippen LogP contribution in [0.4, 0.5) is 0 Å². The topological polar surface area (TPSA) is 55.4 Å². The molecule has 278 valence electrons. The molecular formula is C48H50O6. The van der Waals surface area contributed by atoms with Crippen molar-refractivity contribution in [2.75, 3.05) is 13.2 Å². The van der Waals surface area contributed by atoms with E-state index < -0.39 is 24.4 Å². The molecule has 0 N–H and O–H groups in total. The minimum Gasteiger partial charge on any atom is -0.374 e. The van der Waals surface area contributed by atoms with Gasteiger partial charge in [-0.25, -0.2) is 0 Å². The average Bonchev–Trinajstić information content (AvgIpc) is 3.24. The standard InChI is InChI=1S/C48H50O6/c1-7-19-39(20-8-1)31-49-37-45(51-33-41-23-11-3-12-24-41)47(53-35-43-27-15-5-16-28-43)48(54-36-44-29-17-6-18-30-44)46(52-34-42-25-13-4-14-26-42)38-50-32-40-21-9-2-10-22-40/h1-30,45-48H,31-38H2/t45-,46-,47-,48+/m0/s1. The second-order valence-electron chi connectivity index (χ2n) is 13.2. The Kier molecular flexibility index (Phi) is 16.0. The summed E-state index contributed by atoms with van der Waals surface area (Å²) in [6.45, 7) is 2.83. The van der Waals surface area contributed by atoms with Crippen LogP contribution in [-0.2, 0) is 68.1 Å². The smallest absolute Gasteiger partial charge is 0.115 e. The van der Waals surface area contributed by atoms with Crippen molar-refractivity contribution in [1.82, 2.24) is 0 Å². The molecule has 0 unspecified atom stereocenters. The highest BCUT2D eigenvalue weighted by atomic mass is 16.6.